The van der Waals surface area contributed by atoms with Gasteiger partial charge in [-0.2, -0.15) is 0 Å². The van der Waals surface area contributed by atoms with Gasteiger partial charge in [0.2, 0.25) is 5.91 Å². The highest BCUT2D eigenvalue weighted by Crippen LogP contribution is 2.21. The minimum Gasteiger partial charge on any atom is -0.390 e. The van der Waals surface area contributed by atoms with Crippen molar-refractivity contribution in [3.63, 3.8) is 0 Å². The van der Waals surface area contributed by atoms with Crippen LogP contribution < -0.4 is 5.32 Å². The molecule has 1 aromatic rings. The molecule has 0 bridgehead atoms. The fourth-order valence-electron chi connectivity index (χ4n) is 1.64. The molecule has 1 N–H and O–H groups in total. The zero-order chi connectivity index (χ0) is 14.5. The van der Waals surface area contributed by atoms with Crippen molar-refractivity contribution < 1.29 is 9.63 Å². The molecule has 110 valence electrons. The summed E-state index contributed by atoms with van der Waals surface area (Å²) in [6.45, 7) is 6.56. The van der Waals surface area contributed by atoms with Crippen LogP contribution in [0.5, 0.6) is 0 Å². The van der Waals surface area contributed by atoms with E-state index in [0.717, 1.165) is 21.5 Å². The molecular weight excluding hydrogens is 296 g/mol. The lowest BCUT2D eigenvalue weighted by molar-refractivity contribution is -0.119. The third-order valence-corrected chi connectivity index (χ3v) is 4.76. The molecule has 2 rings (SSSR count). The summed E-state index contributed by atoms with van der Waals surface area (Å²) in [5, 5.41) is 15.7. The summed E-state index contributed by atoms with van der Waals surface area (Å²) in [5.41, 5.74) is 1.06. The highest BCUT2D eigenvalue weighted by atomic mass is 32.2. The van der Waals surface area contributed by atoms with Crippen LogP contribution >= 0.6 is 23.1 Å². The van der Waals surface area contributed by atoms with Crippen LogP contribution in [0, 0.1) is 12.8 Å². The number of aryl methyl sites for hydroxylation is 1. The van der Waals surface area contributed by atoms with Crippen LogP contribution in [-0.4, -0.2) is 40.2 Å². The van der Waals surface area contributed by atoms with Gasteiger partial charge in [-0.1, -0.05) is 42.1 Å². The van der Waals surface area contributed by atoms with E-state index in [4.69, 9.17) is 4.84 Å². The van der Waals surface area contributed by atoms with Crippen LogP contribution in [0.15, 0.2) is 9.50 Å². The Bertz CT molecular complexity index is 501. The first-order chi connectivity index (χ1) is 9.54. The van der Waals surface area contributed by atoms with Gasteiger partial charge in [-0.3, -0.25) is 4.79 Å². The van der Waals surface area contributed by atoms with E-state index in [1.165, 1.54) is 23.1 Å². The van der Waals surface area contributed by atoms with E-state index < -0.39 is 0 Å². The normalized spacial score (nSPS) is 18.0. The molecule has 6 nitrogen and oxygen atoms in total. The van der Waals surface area contributed by atoms with E-state index in [1.54, 1.807) is 0 Å². The summed E-state index contributed by atoms with van der Waals surface area (Å²) in [6.07, 6.45) is 0.755. The highest BCUT2D eigenvalue weighted by Gasteiger charge is 2.23. The van der Waals surface area contributed by atoms with Crippen molar-refractivity contribution in [2.45, 2.75) is 37.6 Å². The van der Waals surface area contributed by atoms with Gasteiger partial charge < -0.3 is 10.2 Å². The van der Waals surface area contributed by atoms with Crippen LogP contribution in [0.4, 0.5) is 0 Å². The molecule has 1 atom stereocenters. The van der Waals surface area contributed by atoms with Gasteiger partial charge >= 0.3 is 0 Å². The van der Waals surface area contributed by atoms with Gasteiger partial charge in [0, 0.05) is 6.42 Å². The Labute approximate surface area is 126 Å². The quantitative estimate of drug-likeness (QED) is 0.811. The summed E-state index contributed by atoms with van der Waals surface area (Å²) in [4.78, 5) is 17.0. The first-order valence-corrected chi connectivity index (χ1v) is 8.27. The zero-order valence-electron chi connectivity index (χ0n) is 11.8. The first kappa shape index (κ1) is 15.2. The molecule has 1 aromatic heterocycles. The molecule has 0 spiro atoms. The monoisotopic (exact) mass is 314 g/mol. The molecule has 0 saturated heterocycles. The van der Waals surface area contributed by atoms with E-state index in [0.29, 0.717) is 18.2 Å². The Hall–Kier alpha value is -1.15. The highest BCUT2D eigenvalue weighted by molar-refractivity contribution is 8.01. The number of carbonyl (C=O) groups is 1. The number of nitrogens with zero attached hydrogens (tertiary/aromatic N) is 3. The minimum atomic E-state index is -0.0369. The molecule has 0 radical (unpaired) electrons. The van der Waals surface area contributed by atoms with Crippen molar-refractivity contribution in [1.29, 1.82) is 0 Å². The fraction of sp³-hybridized carbons (Fsp3) is 0.667. The maximum absolute atomic E-state index is 11.7. The molecule has 8 heteroatoms. The number of nitrogens with one attached hydrogen (secondary N) is 1. The lowest BCUT2D eigenvalue weighted by Gasteiger charge is -2.09. The standard InChI is InChI=1S/C12H18N4O2S2/c1-7(2)10-4-9(18-16-10)5-13-11(17)6-19-12-15-14-8(3)20-12/h7,9H,4-6H2,1-3H3,(H,13,17)/t9-/m0/s1. The van der Waals surface area contributed by atoms with Crippen molar-refractivity contribution in [3.8, 4) is 0 Å². The van der Waals surface area contributed by atoms with Crippen molar-refractivity contribution in [2.75, 3.05) is 12.3 Å². The number of rotatable bonds is 6. The Balaban J connectivity index is 1.64. The molecule has 1 aliphatic heterocycles. The smallest absolute Gasteiger partial charge is 0.230 e. The van der Waals surface area contributed by atoms with Crippen molar-refractivity contribution in [1.82, 2.24) is 15.5 Å². The summed E-state index contributed by atoms with van der Waals surface area (Å²) in [6, 6.07) is 0. The third kappa shape index (κ3) is 4.45. The second kappa shape index (κ2) is 7.03. The molecule has 20 heavy (non-hydrogen) atoms. The largest absolute Gasteiger partial charge is 0.390 e. The molecule has 0 aromatic carbocycles. The van der Waals surface area contributed by atoms with E-state index in [1.807, 2.05) is 6.92 Å². The number of carbonyl (C=O) groups excluding carboxylic acids is 1. The number of thioether (sulfide) groups is 1. The van der Waals surface area contributed by atoms with Crippen molar-refractivity contribution in [3.05, 3.63) is 5.01 Å². The maximum Gasteiger partial charge on any atom is 0.230 e. The summed E-state index contributed by atoms with van der Waals surface area (Å²) in [7, 11) is 0. The molecule has 0 unspecified atom stereocenters. The van der Waals surface area contributed by atoms with Gasteiger partial charge in [-0.15, -0.1) is 10.2 Å². The van der Waals surface area contributed by atoms with Crippen molar-refractivity contribution >= 4 is 34.7 Å². The van der Waals surface area contributed by atoms with Gasteiger partial charge in [0.05, 0.1) is 18.0 Å². The van der Waals surface area contributed by atoms with Crippen molar-refractivity contribution in [2.24, 2.45) is 11.1 Å². The van der Waals surface area contributed by atoms with Crippen LogP contribution in [0.3, 0.4) is 0 Å². The molecule has 1 amide bonds. The van der Waals surface area contributed by atoms with Gasteiger partial charge in [0.15, 0.2) is 4.34 Å². The first-order valence-electron chi connectivity index (χ1n) is 6.46. The van der Waals surface area contributed by atoms with E-state index in [9.17, 15) is 4.79 Å². The van der Waals surface area contributed by atoms with Gasteiger partial charge in [-0.25, -0.2) is 0 Å². The predicted molar refractivity (Wildman–Crippen MR) is 80.1 cm³/mol. The van der Waals surface area contributed by atoms with Gasteiger partial charge in [-0.05, 0) is 12.8 Å². The number of oxime groups is 1. The Morgan fingerprint density at radius 2 is 2.35 bits per heavy atom. The number of aromatic nitrogens is 2. The number of hydrogen-bond donors (Lipinski definition) is 1. The second-order valence-electron chi connectivity index (χ2n) is 4.85. The molecule has 0 aliphatic carbocycles. The average Bonchev–Trinajstić information content (AvgIpc) is 3.03. The minimum absolute atomic E-state index is 0.0237. The Morgan fingerprint density at radius 3 is 2.95 bits per heavy atom. The topological polar surface area (TPSA) is 76.5 Å². The van der Waals surface area contributed by atoms with E-state index in [2.05, 4.69) is 34.5 Å². The number of hydrogen-bond acceptors (Lipinski definition) is 7. The average molecular weight is 314 g/mol. The number of amides is 1. The third-order valence-electron chi connectivity index (χ3n) is 2.78. The van der Waals surface area contributed by atoms with Crippen LogP contribution in [0.25, 0.3) is 0 Å². The molecular formula is C12H18N4O2S2. The SMILES string of the molecule is Cc1nnc(SCC(=O)NC[C@@H]2CC(C(C)C)=NO2)s1. The van der Waals surface area contributed by atoms with Crippen LogP contribution in [0.1, 0.15) is 25.3 Å². The summed E-state index contributed by atoms with van der Waals surface area (Å²) < 4.78 is 0.820. The molecule has 0 fully saturated rings. The fourth-order valence-corrected chi connectivity index (χ4v) is 3.29. The molecule has 1 aliphatic rings. The summed E-state index contributed by atoms with van der Waals surface area (Å²) in [5.74, 6) is 0.718. The molecule has 2 heterocycles. The predicted octanol–water partition coefficient (Wildman–Crippen LogP) is 1.86. The molecule has 0 saturated carbocycles. The van der Waals surface area contributed by atoms with Crippen LogP contribution in [-0.2, 0) is 9.63 Å². The van der Waals surface area contributed by atoms with E-state index in [-0.39, 0.29) is 12.0 Å². The second-order valence-corrected chi connectivity index (χ2v) is 7.25. The Kier molecular flexibility index (Phi) is 5.36. The maximum atomic E-state index is 11.7. The van der Waals surface area contributed by atoms with E-state index >= 15 is 0 Å². The lowest BCUT2D eigenvalue weighted by atomic mass is 10.0. The Morgan fingerprint density at radius 1 is 1.55 bits per heavy atom. The van der Waals surface area contributed by atoms with Gasteiger partial charge in [0.25, 0.3) is 0 Å². The van der Waals surface area contributed by atoms with Gasteiger partial charge in [0.1, 0.15) is 11.1 Å². The summed E-state index contributed by atoms with van der Waals surface area (Å²) >= 11 is 2.90. The lowest BCUT2D eigenvalue weighted by Crippen LogP contribution is -2.33. The van der Waals surface area contributed by atoms with Crippen LogP contribution in [0.2, 0.25) is 0 Å². The zero-order valence-corrected chi connectivity index (χ0v) is 13.4.